The van der Waals surface area contributed by atoms with Crippen molar-refractivity contribution in [3.63, 3.8) is 0 Å². The van der Waals surface area contributed by atoms with Gasteiger partial charge in [-0.3, -0.25) is 19.7 Å². The van der Waals surface area contributed by atoms with Gasteiger partial charge < -0.3 is 9.64 Å². The number of carbonyl (C=O) groups excluding carboxylic acids is 4. The van der Waals surface area contributed by atoms with Gasteiger partial charge in [0.15, 0.2) is 0 Å². The fourth-order valence-electron chi connectivity index (χ4n) is 3.28. The summed E-state index contributed by atoms with van der Waals surface area (Å²) in [7, 11) is 0. The van der Waals surface area contributed by atoms with E-state index in [-0.39, 0.29) is 17.5 Å². The van der Waals surface area contributed by atoms with Crippen molar-refractivity contribution < 1.29 is 23.9 Å². The Labute approximate surface area is 163 Å². The molecule has 3 rings (SSSR count). The van der Waals surface area contributed by atoms with E-state index in [0.29, 0.717) is 38.2 Å². The number of urea groups is 1. The number of anilines is 1. The van der Waals surface area contributed by atoms with Gasteiger partial charge in [0.25, 0.3) is 11.8 Å². The Hall–Kier alpha value is -3.16. The molecule has 2 aliphatic heterocycles. The minimum absolute atomic E-state index is 0.102. The third-order valence-electron chi connectivity index (χ3n) is 4.86. The minimum atomic E-state index is -0.767. The predicted octanol–water partition coefficient (Wildman–Crippen LogP) is 1.74. The highest BCUT2D eigenvalue weighted by Crippen LogP contribution is 2.23. The molecule has 2 fully saturated rings. The largest absolute Gasteiger partial charge is 0.466 e. The number of esters is 1. The van der Waals surface area contributed by atoms with Crippen LogP contribution in [-0.2, 0) is 19.1 Å². The van der Waals surface area contributed by atoms with Crippen LogP contribution in [0.1, 0.15) is 25.3 Å². The fraction of sp³-hybridized carbons (Fsp3) is 0.400. The van der Waals surface area contributed by atoms with Crippen molar-refractivity contribution in [2.24, 2.45) is 5.92 Å². The van der Waals surface area contributed by atoms with Crippen LogP contribution in [0.3, 0.4) is 0 Å². The number of benzene rings is 1. The third-order valence-corrected chi connectivity index (χ3v) is 4.86. The smallest absolute Gasteiger partial charge is 0.335 e. The van der Waals surface area contributed by atoms with Crippen molar-refractivity contribution in [3.05, 3.63) is 41.6 Å². The van der Waals surface area contributed by atoms with Crippen LogP contribution in [-0.4, -0.2) is 48.4 Å². The Balaban J connectivity index is 1.75. The molecule has 4 amide bonds. The minimum Gasteiger partial charge on any atom is -0.466 e. The molecule has 0 atom stereocenters. The van der Waals surface area contributed by atoms with Gasteiger partial charge in [-0.1, -0.05) is 17.7 Å². The maximum atomic E-state index is 12.8. The number of aryl methyl sites for hydroxylation is 1. The second-order valence-corrected chi connectivity index (χ2v) is 6.84. The van der Waals surface area contributed by atoms with Crippen molar-refractivity contribution >= 4 is 29.5 Å². The monoisotopic (exact) mass is 385 g/mol. The summed E-state index contributed by atoms with van der Waals surface area (Å²) in [6, 6.07) is 6.12. The second kappa shape index (κ2) is 8.24. The zero-order chi connectivity index (χ0) is 20.3. The van der Waals surface area contributed by atoms with Gasteiger partial charge in [-0.05, 0) is 38.8 Å². The van der Waals surface area contributed by atoms with Gasteiger partial charge in [0.1, 0.15) is 5.57 Å². The van der Waals surface area contributed by atoms with E-state index in [9.17, 15) is 19.2 Å². The van der Waals surface area contributed by atoms with Crippen molar-refractivity contribution in [3.8, 4) is 0 Å². The number of likely N-dealkylation sites (tertiary alicyclic amines) is 1. The number of ether oxygens (including phenoxy) is 1. The second-order valence-electron chi connectivity index (χ2n) is 6.84. The summed E-state index contributed by atoms with van der Waals surface area (Å²) in [5.41, 5.74) is 1.28. The highest BCUT2D eigenvalue weighted by molar-refractivity contribution is 6.37. The molecule has 1 aromatic carbocycles. The Morgan fingerprint density at radius 2 is 1.82 bits per heavy atom. The van der Waals surface area contributed by atoms with Gasteiger partial charge in [-0.2, -0.15) is 0 Å². The summed E-state index contributed by atoms with van der Waals surface area (Å²) in [6.07, 6.45) is 2.64. The summed E-state index contributed by atoms with van der Waals surface area (Å²) >= 11 is 0. The highest BCUT2D eigenvalue weighted by atomic mass is 16.5. The van der Waals surface area contributed by atoms with E-state index in [1.165, 1.54) is 6.20 Å². The maximum absolute atomic E-state index is 12.8. The molecule has 0 saturated carbocycles. The van der Waals surface area contributed by atoms with Gasteiger partial charge in [0.2, 0.25) is 0 Å². The van der Waals surface area contributed by atoms with Crippen LogP contribution in [0.2, 0.25) is 0 Å². The van der Waals surface area contributed by atoms with Gasteiger partial charge in [0, 0.05) is 19.3 Å². The van der Waals surface area contributed by atoms with Gasteiger partial charge >= 0.3 is 12.0 Å². The first-order valence-electron chi connectivity index (χ1n) is 9.29. The normalized spacial score (nSPS) is 19.8. The van der Waals surface area contributed by atoms with Gasteiger partial charge in [-0.25, -0.2) is 9.69 Å². The number of hydrogen-bond acceptors (Lipinski definition) is 6. The van der Waals surface area contributed by atoms with Crippen molar-refractivity contribution in [2.75, 3.05) is 24.6 Å². The highest BCUT2D eigenvalue weighted by Gasteiger charge is 2.37. The molecule has 1 aromatic rings. The molecule has 0 bridgehead atoms. The number of barbiturate groups is 1. The number of hydrogen-bond donors (Lipinski definition) is 1. The molecule has 2 saturated heterocycles. The van der Waals surface area contributed by atoms with Crippen LogP contribution < -0.4 is 10.2 Å². The van der Waals surface area contributed by atoms with Crippen LogP contribution in [0.5, 0.6) is 0 Å². The van der Waals surface area contributed by atoms with Crippen molar-refractivity contribution in [1.29, 1.82) is 0 Å². The van der Waals surface area contributed by atoms with Crippen molar-refractivity contribution in [1.82, 2.24) is 10.2 Å². The summed E-state index contributed by atoms with van der Waals surface area (Å²) in [5, 5.41) is 2.21. The molecule has 0 spiro atoms. The molecule has 1 N–H and O–H groups in total. The third kappa shape index (κ3) is 4.05. The Kier molecular flexibility index (Phi) is 5.77. The molecule has 2 heterocycles. The van der Waals surface area contributed by atoms with Crippen LogP contribution in [0.4, 0.5) is 10.5 Å². The lowest BCUT2D eigenvalue weighted by atomic mass is 9.97. The summed E-state index contributed by atoms with van der Waals surface area (Å²) in [4.78, 5) is 51.9. The number of imide groups is 2. The van der Waals surface area contributed by atoms with Crippen LogP contribution in [0.15, 0.2) is 36.0 Å². The zero-order valence-corrected chi connectivity index (χ0v) is 15.9. The predicted molar refractivity (Wildman–Crippen MR) is 101 cm³/mol. The molecule has 8 nitrogen and oxygen atoms in total. The maximum Gasteiger partial charge on any atom is 0.335 e. The molecular weight excluding hydrogens is 362 g/mol. The van der Waals surface area contributed by atoms with E-state index in [4.69, 9.17) is 4.74 Å². The first-order valence-corrected chi connectivity index (χ1v) is 9.29. The molecule has 0 radical (unpaired) electrons. The average Bonchev–Trinajstić information content (AvgIpc) is 2.67. The first kappa shape index (κ1) is 19.6. The van der Waals surface area contributed by atoms with E-state index in [1.54, 1.807) is 31.2 Å². The Bertz CT molecular complexity index is 823. The Morgan fingerprint density at radius 1 is 1.18 bits per heavy atom. The lowest BCUT2D eigenvalue weighted by Gasteiger charge is -2.32. The van der Waals surface area contributed by atoms with Crippen LogP contribution in [0.25, 0.3) is 0 Å². The van der Waals surface area contributed by atoms with Crippen molar-refractivity contribution in [2.45, 2.75) is 26.7 Å². The number of rotatable bonds is 4. The standard InChI is InChI=1S/C20H23N3O5/c1-3-28-19(26)14-8-10-22(11-9-14)12-16-17(24)21-20(27)23(18(16)25)15-6-4-13(2)5-7-15/h4-7,12,14H,3,8-11H2,1-2H3,(H,21,24,27). The molecule has 148 valence electrons. The molecule has 8 heteroatoms. The topological polar surface area (TPSA) is 96.0 Å². The van der Waals surface area contributed by atoms with Crippen LogP contribution in [0, 0.1) is 12.8 Å². The molecule has 2 aliphatic rings. The number of piperidine rings is 1. The van der Waals surface area contributed by atoms with E-state index < -0.39 is 17.8 Å². The van der Waals surface area contributed by atoms with Gasteiger partial charge in [-0.15, -0.1) is 0 Å². The van der Waals surface area contributed by atoms with Crippen LogP contribution >= 0.6 is 0 Å². The lowest BCUT2D eigenvalue weighted by molar-refractivity contribution is -0.149. The van der Waals surface area contributed by atoms with Gasteiger partial charge in [0.05, 0.1) is 18.2 Å². The molecule has 0 aliphatic carbocycles. The molecule has 0 unspecified atom stereocenters. The molecular formula is C20H23N3O5. The summed E-state index contributed by atoms with van der Waals surface area (Å²) in [6.45, 7) is 5.06. The lowest BCUT2D eigenvalue weighted by Crippen LogP contribution is -2.55. The van der Waals surface area contributed by atoms with E-state index >= 15 is 0 Å². The number of nitrogens with one attached hydrogen (secondary N) is 1. The Morgan fingerprint density at radius 3 is 2.43 bits per heavy atom. The number of nitrogens with zero attached hydrogens (tertiary/aromatic N) is 2. The number of carbonyl (C=O) groups is 4. The zero-order valence-electron chi connectivity index (χ0n) is 15.9. The first-order chi connectivity index (χ1) is 13.4. The fourth-order valence-corrected chi connectivity index (χ4v) is 3.28. The summed E-state index contributed by atoms with van der Waals surface area (Å²) in [5.74, 6) is -1.76. The number of amides is 4. The SMILES string of the molecule is CCOC(=O)C1CCN(C=C2C(=O)NC(=O)N(c3ccc(C)cc3)C2=O)CC1. The summed E-state index contributed by atoms with van der Waals surface area (Å²) < 4.78 is 5.05. The molecule has 0 aromatic heterocycles. The van der Waals surface area contributed by atoms with E-state index in [1.807, 2.05) is 11.8 Å². The van der Waals surface area contributed by atoms with E-state index in [2.05, 4.69) is 5.32 Å². The van der Waals surface area contributed by atoms with E-state index in [0.717, 1.165) is 10.5 Å². The average molecular weight is 385 g/mol. The quantitative estimate of drug-likeness (QED) is 0.482. The molecule has 28 heavy (non-hydrogen) atoms.